The molecule has 1 saturated heterocycles. The Labute approximate surface area is 224 Å². The highest BCUT2D eigenvalue weighted by Gasteiger charge is 2.32. The summed E-state index contributed by atoms with van der Waals surface area (Å²) in [7, 11) is 0. The van der Waals surface area contributed by atoms with Crippen molar-refractivity contribution in [2.45, 2.75) is 11.4 Å². The van der Waals surface area contributed by atoms with Gasteiger partial charge in [0.15, 0.2) is 11.5 Å². The molecular weight excluding hydrogens is 505 g/mol. The Hall–Kier alpha value is -3.82. The number of hydrogen-bond acceptors (Lipinski definition) is 6. The number of rotatable bonds is 5. The van der Waals surface area contributed by atoms with Gasteiger partial charge in [0.1, 0.15) is 12.4 Å². The van der Waals surface area contributed by atoms with Crippen LogP contribution in [-0.2, 0) is 16.1 Å². The molecule has 2 amide bonds. The maximum Gasteiger partial charge on any atom is 0.265 e. The normalized spacial score (nSPS) is 18.1. The Morgan fingerprint density at radius 2 is 1.71 bits per heavy atom. The number of ether oxygens (including phenoxy) is 2. The minimum absolute atomic E-state index is 0.0623. The second-order valence-corrected chi connectivity index (χ2v) is 10.4. The lowest BCUT2D eigenvalue weighted by Gasteiger charge is -2.37. The Balaban J connectivity index is 1.13. The van der Waals surface area contributed by atoms with Crippen molar-refractivity contribution in [3.63, 3.8) is 0 Å². The van der Waals surface area contributed by atoms with E-state index in [0.717, 1.165) is 41.6 Å². The third-order valence-electron chi connectivity index (χ3n) is 6.89. The molecule has 38 heavy (non-hydrogen) atoms. The Kier molecular flexibility index (Phi) is 6.78. The maximum absolute atomic E-state index is 14.3. The summed E-state index contributed by atoms with van der Waals surface area (Å²) in [5, 5.41) is 0. The van der Waals surface area contributed by atoms with Gasteiger partial charge in [-0.05, 0) is 42.0 Å². The van der Waals surface area contributed by atoms with Crippen LogP contribution in [0.3, 0.4) is 0 Å². The molecule has 3 aromatic rings. The Morgan fingerprint density at radius 3 is 2.55 bits per heavy atom. The third-order valence-corrected chi connectivity index (χ3v) is 7.96. The zero-order valence-electron chi connectivity index (χ0n) is 20.6. The van der Waals surface area contributed by atoms with Crippen LogP contribution in [0.1, 0.15) is 11.1 Å². The van der Waals surface area contributed by atoms with Crippen molar-refractivity contribution in [1.82, 2.24) is 9.80 Å². The Bertz CT molecular complexity index is 1420. The first kappa shape index (κ1) is 24.5. The summed E-state index contributed by atoms with van der Waals surface area (Å²) in [5.41, 5.74) is 2.17. The number of halogens is 1. The quantitative estimate of drug-likeness (QED) is 0.456. The lowest BCUT2D eigenvalue weighted by Crippen LogP contribution is -2.52. The second kappa shape index (κ2) is 10.5. The van der Waals surface area contributed by atoms with Crippen LogP contribution in [0.4, 0.5) is 10.1 Å². The van der Waals surface area contributed by atoms with E-state index in [1.807, 2.05) is 47.4 Å². The van der Waals surface area contributed by atoms with E-state index >= 15 is 0 Å². The molecule has 0 N–H and O–H groups in total. The molecule has 6 rings (SSSR count). The van der Waals surface area contributed by atoms with Gasteiger partial charge in [0.2, 0.25) is 12.7 Å². The van der Waals surface area contributed by atoms with Gasteiger partial charge in [-0.1, -0.05) is 48.2 Å². The molecule has 1 fully saturated rings. The van der Waals surface area contributed by atoms with Crippen LogP contribution in [0.5, 0.6) is 11.5 Å². The minimum atomic E-state index is -0.395. The van der Waals surface area contributed by atoms with E-state index < -0.39 is 5.82 Å². The molecule has 0 aliphatic carbocycles. The highest BCUT2D eigenvalue weighted by atomic mass is 32.2. The third kappa shape index (κ3) is 4.99. The number of carbonyl (C=O) groups is 2. The van der Waals surface area contributed by atoms with Crippen molar-refractivity contribution in [2.75, 3.05) is 44.4 Å². The molecule has 0 saturated carbocycles. The summed E-state index contributed by atoms with van der Waals surface area (Å²) in [6.07, 6.45) is 1.56. The van der Waals surface area contributed by atoms with Gasteiger partial charge in [0.25, 0.3) is 5.91 Å². The predicted molar refractivity (Wildman–Crippen MR) is 143 cm³/mol. The molecule has 3 aromatic carbocycles. The van der Waals surface area contributed by atoms with Crippen LogP contribution in [0.25, 0.3) is 6.08 Å². The summed E-state index contributed by atoms with van der Waals surface area (Å²) in [6.45, 7) is 3.59. The standard InChI is InChI=1S/C29H26FN3O4S/c30-22-6-2-1-5-21(22)16-27-29(35)33(23-7-3-4-8-26(23)38-27)18-28(34)32-13-11-31(12-14-32)17-20-9-10-24-25(15-20)37-19-36-24/h1-10,15-16H,11-14,17-19H2/b27-16-. The van der Waals surface area contributed by atoms with Gasteiger partial charge in [-0.3, -0.25) is 19.4 Å². The lowest BCUT2D eigenvalue weighted by atomic mass is 10.1. The monoisotopic (exact) mass is 531 g/mol. The number of hydrogen-bond donors (Lipinski definition) is 0. The number of anilines is 1. The summed E-state index contributed by atoms with van der Waals surface area (Å²) in [5.74, 6) is 0.737. The number of amides is 2. The largest absolute Gasteiger partial charge is 0.454 e. The molecule has 9 heteroatoms. The number of carbonyl (C=O) groups excluding carboxylic acids is 2. The molecule has 0 atom stereocenters. The first-order valence-electron chi connectivity index (χ1n) is 12.5. The molecule has 0 radical (unpaired) electrons. The minimum Gasteiger partial charge on any atom is -0.454 e. The molecule has 0 bridgehead atoms. The molecule has 3 aliphatic rings. The number of benzene rings is 3. The van der Waals surface area contributed by atoms with Gasteiger partial charge < -0.3 is 14.4 Å². The van der Waals surface area contributed by atoms with Crippen LogP contribution in [0.2, 0.25) is 0 Å². The van der Waals surface area contributed by atoms with Crippen molar-refractivity contribution in [1.29, 1.82) is 0 Å². The van der Waals surface area contributed by atoms with Crippen molar-refractivity contribution in [3.05, 3.63) is 88.6 Å². The second-order valence-electron chi connectivity index (χ2n) is 9.34. The van der Waals surface area contributed by atoms with Gasteiger partial charge in [0, 0.05) is 43.2 Å². The van der Waals surface area contributed by atoms with Gasteiger partial charge in [-0.2, -0.15) is 0 Å². The van der Waals surface area contributed by atoms with Crippen molar-refractivity contribution in [3.8, 4) is 11.5 Å². The Morgan fingerprint density at radius 1 is 0.947 bits per heavy atom. The highest BCUT2D eigenvalue weighted by molar-refractivity contribution is 8.04. The summed E-state index contributed by atoms with van der Waals surface area (Å²) in [4.78, 5) is 33.7. The molecule has 3 heterocycles. The number of thioether (sulfide) groups is 1. The van der Waals surface area contributed by atoms with Crippen molar-refractivity contribution in [2.24, 2.45) is 0 Å². The van der Waals surface area contributed by atoms with E-state index in [0.29, 0.717) is 29.2 Å². The van der Waals surface area contributed by atoms with E-state index in [9.17, 15) is 14.0 Å². The summed E-state index contributed by atoms with van der Waals surface area (Å²) < 4.78 is 25.2. The van der Waals surface area contributed by atoms with Gasteiger partial charge in [0.05, 0.1) is 10.6 Å². The fraction of sp³-hybridized carbons (Fsp3) is 0.241. The van der Waals surface area contributed by atoms with E-state index in [-0.39, 0.29) is 25.2 Å². The van der Waals surface area contributed by atoms with E-state index in [4.69, 9.17) is 9.47 Å². The number of nitrogens with zero attached hydrogens (tertiary/aromatic N) is 3. The number of fused-ring (bicyclic) bond motifs is 2. The smallest absolute Gasteiger partial charge is 0.265 e. The zero-order chi connectivity index (χ0) is 26.1. The first-order valence-corrected chi connectivity index (χ1v) is 13.3. The van der Waals surface area contributed by atoms with Crippen LogP contribution < -0.4 is 14.4 Å². The summed E-state index contributed by atoms with van der Waals surface area (Å²) in [6, 6.07) is 19.8. The van der Waals surface area contributed by atoms with Gasteiger partial charge in [-0.15, -0.1) is 0 Å². The lowest BCUT2D eigenvalue weighted by molar-refractivity contribution is -0.132. The molecule has 0 unspecified atom stereocenters. The van der Waals surface area contributed by atoms with E-state index in [2.05, 4.69) is 4.90 Å². The van der Waals surface area contributed by atoms with E-state index in [1.54, 1.807) is 24.3 Å². The molecule has 0 aromatic heterocycles. The van der Waals surface area contributed by atoms with Crippen LogP contribution in [0, 0.1) is 5.82 Å². The average molecular weight is 532 g/mol. The SMILES string of the molecule is O=C(CN1C(=O)/C(=C/c2ccccc2F)Sc2ccccc21)N1CCN(Cc2ccc3c(c2)OCO3)CC1. The van der Waals surface area contributed by atoms with Gasteiger partial charge in [-0.25, -0.2) is 4.39 Å². The molecule has 194 valence electrons. The van der Waals surface area contributed by atoms with Crippen molar-refractivity contribution < 1.29 is 23.5 Å². The van der Waals surface area contributed by atoms with Crippen LogP contribution >= 0.6 is 11.8 Å². The summed E-state index contributed by atoms with van der Waals surface area (Å²) >= 11 is 1.30. The molecule has 3 aliphatic heterocycles. The first-order chi connectivity index (χ1) is 18.5. The van der Waals surface area contributed by atoms with Crippen LogP contribution in [-0.4, -0.2) is 61.1 Å². The zero-order valence-corrected chi connectivity index (χ0v) is 21.5. The molecule has 7 nitrogen and oxygen atoms in total. The molecule has 0 spiro atoms. The topological polar surface area (TPSA) is 62.3 Å². The van der Waals surface area contributed by atoms with Gasteiger partial charge >= 0.3 is 0 Å². The highest BCUT2D eigenvalue weighted by Crippen LogP contribution is 2.42. The predicted octanol–water partition coefficient (Wildman–Crippen LogP) is 4.38. The average Bonchev–Trinajstić information content (AvgIpc) is 3.40. The number of piperazine rings is 1. The van der Waals surface area contributed by atoms with Crippen molar-refractivity contribution >= 4 is 35.3 Å². The van der Waals surface area contributed by atoms with E-state index in [1.165, 1.54) is 22.7 Å². The van der Waals surface area contributed by atoms with Crippen LogP contribution in [0.15, 0.2) is 76.5 Å². The fourth-order valence-corrected chi connectivity index (χ4v) is 5.89. The number of para-hydroxylation sites is 1. The molecular formula is C29H26FN3O4S. The fourth-order valence-electron chi connectivity index (χ4n) is 4.84. The maximum atomic E-state index is 14.3.